The van der Waals surface area contributed by atoms with Crippen molar-refractivity contribution >= 4 is 5.91 Å². The maximum atomic E-state index is 11.4. The summed E-state index contributed by atoms with van der Waals surface area (Å²) in [7, 11) is 0. The van der Waals surface area contributed by atoms with Crippen LogP contribution in [-0.2, 0) is 13.0 Å². The van der Waals surface area contributed by atoms with Crippen LogP contribution in [0.15, 0.2) is 18.2 Å². The number of carbonyl (C=O) groups is 1. The van der Waals surface area contributed by atoms with Gasteiger partial charge in [0.15, 0.2) is 0 Å². The number of nitrogens with two attached hydrogens (primary N) is 1. The van der Waals surface area contributed by atoms with Crippen LogP contribution in [-0.4, -0.2) is 12.5 Å². The summed E-state index contributed by atoms with van der Waals surface area (Å²) in [6, 6.07) is 5.90. The largest absolute Gasteiger partial charge is 0.348 e. The topological polar surface area (TPSA) is 55.1 Å². The van der Waals surface area contributed by atoms with Crippen LogP contribution in [0.3, 0.4) is 0 Å². The van der Waals surface area contributed by atoms with E-state index in [1.807, 2.05) is 12.1 Å². The third kappa shape index (κ3) is 1.51. The first kappa shape index (κ1) is 9.21. The van der Waals surface area contributed by atoms with Gasteiger partial charge in [-0.2, -0.15) is 0 Å². The fraction of sp³-hybridized carbons (Fsp3) is 0.364. The molecule has 3 heteroatoms. The van der Waals surface area contributed by atoms with E-state index in [9.17, 15) is 4.79 Å². The van der Waals surface area contributed by atoms with Crippen molar-refractivity contribution in [3.63, 3.8) is 0 Å². The second-order valence-corrected chi connectivity index (χ2v) is 3.52. The van der Waals surface area contributed by atoms with Crippen molar-refractivity contribution in [2.24, 2.45) is 5.73 Å². The monoisotopic (exact) mass is 190 g/mol. The number of rotatable bonds is 3. The zero-order valence-electron chi connectivity index (χ0n) is 8.05. The van der Waals surface area contributed by atoms with Gasteiger partial charge in [0, 0.05) is 12.1 Å². The van der Waals surface area contributed by atoms with E-state index < -0.39 is 0 Å². The summed E-state index contributed by atoms with van der Waals surface area (Å²) in [5.74, 6) is 0.0506. The van der Waals surface area contributed by atoms with E-state index in [-0.39, 0.29) is 5.91 Å². The molecule has 1 aromatic rings. The predicted molar refractivity (Wildman–Crippen MR) is 55.0 cm³/mol. The van der Waals surface area contributed by atoms with Crippen molar-refractivity contribution < 1.29 is 4.79 Å². The van der Waals surface area contributed by atoms with Crippen molar-refractivity contribution in [2.45, 2.75) is 19.4 Å². The summed E-state index contributed by atoms with van der Waals surface area (Å²) < 4.78 is 0. The fourth-order valence-corrected chi connectivity index (χ4v) is 1.85. The predicted octanol–water partition coefficient (Wildman–Crippen LogP) is 0.821. The molecule has 0 bridgehead atoms. The van der Waals surface area contributed by atoms with Gasteiger partial charge in [-0.05, 0) is 36.6 Å². The second-order valence-electron chi connectivity index (χ2n) is 3.52. The molecule has 1 heterocycles. The number of hydrogen-bond acceptors (Lipinski definition) is 2. The van der Waals surface area contributed by atoms with Crippen LogP contribution in [0.1, 0.15) is 27.9 Å². The van der Waals surface area contributed by atoms with Gasteiger partial charge in [0.05, 0.1) is 0 Å². The summed E-state index contributed by atoms with van der Waals surface area (Å²) in [5.41, 5.74) is 8.71. The maximum Gasteiger partial charge on any atom is 0.251 e. The van der Waals surface area contributed by atoms with Crippen LogP contribution in [0.25, 0.3) is 0 Å². The van der Waals surface area contributed by atoms with Crippen LogP contribution in [0.2, 0.25) is 0 Å². The van der Waals surface area contributed by atoms with Gasteiger partial charge in [-0.25, -0.2) is 0 Å². The smallest absolute Gasteiger partial charge is 0.251 e. The third-order valence-corrected chi connectivity index (χ3v) is 2.59. The number of aryl methyl sites for hydroxylation is 1. The molecule has 14 heavy (non-hydrogen) atoms. The number of hydrogen-bond donors (Lipinski definition) is 2. The molecule has 1 aliphatic heterocycles. The highest BCUT2D eigenvalue weighted by molar-refractivity contribution is 5.98. The average molecular weight is 190 g/mol. The summed E-state index contributed by atoms with van der Waals surface area (Å²) >= 11 is 0. The fourth-order valence-electron chi connectivity index (χ4n) is 1.85. The highest BCUT2D eigenvalue weighted by Crippen LogP contribution is 2.20. The van der Waals surface area contributed by atoms with Gasteiger partial charge >= 0.3 is 0 Å². The molecule has 1 aromatic carbocycles. The van der Waals surface area contributed by atoms with Gasteiger partial charge < -0.3 is 11.1 Å². The Morgan fingerprint density at radius 2 is 2.29 bits per heavy atom. The molecule has 0 atom stereocenters. The number of carbonyl (C=O) groups excluding carboxylic acids is 1. The lowest BCUT2D eigenvalue weighted by molar-refractivity contribution is 0.0966. The Bertz CT molecular complexity index is 360. The number of fused-ring (bicyclic) bond motifs is 1. The number of benzene rings is 1. The maximum absolute atomic E-state index is 11.4. The second kappa shape index (κ2) is 3.80. The molecule has 0 unspecified atom stereocenters. The van der Waals surface area contributed by atoms with Gasteiger partial charge in [0.25, 0.3) is 5.91 Å². The van der Waals surface area contributed by atoms with Crippen molar-refractivity contribution in [1.29, 1.82) is 0 Å². The molecule has 3 N–H and O–H groups in total. The third-order valence-electron chi connectivity index (χ3n) is 2.59. The molecule has 0 aliphatic carbocycles. The Kier molecular flexibility index (Phi) is 2.50. The first-order valence-corrected chi connectivity index (χ1v) is 4.92. The van der Waals surface area contributed by atoms with E-state index in [4.69, 9.17) is 5.73 Å². The van der Waals surface area contributed by atoms with E-state index in [1.165, 1.54) is 5.56 Å². The Labute approximate surface area is 83.3 Å². The zero-order valence-corrected chi connectivity index (χ0v) is 8.05. The Morgan fingerprint density at radius 3 is 3.07 bits per heavy atom. The molecule has 0 aromatic heterocycles. The Hall–Kier alpha value is -1.35. The van der Waals surface area contributed by atoms with E-state index in [2.05, 4.69) is 11.4 Å². The molecule has 3 nitrogen and oxygen atoms in total. The van der Waals surface area contributed by atoms with Gasteiger partial charge in [0.2, 0.25) is 0 Å². The van der Waals surface area contributed by atoms with Crippen LogP contribution >= 0.6 is 0 Å². The Morgan fingerprint density at radius 1 is 1.43 bits per heavy atom. The minimum absolute atomic E-state index is 0.0506. The van der Waals surface area contributed by atoms with Crippen LogP contribution in [0.5, 0.6) is 0 Å². The highest BCUT2D eigenvalue weighted by Gasteiger charge is 2.20. The molecular formula is C11H14N2O. The van der Waals surface area contributed by atoms with E-state index in [1.54, 1.807) is 0 Å². The lowest BCUT2D eigenvalue weighted by Crippen LogP contribution is -2.12. The molecule has 0 saturated heterocycles. The van der Waals surface area contributed by atoms with Crippen molar-refractivity contribution in [2.75, 3.05) is 6.54 Å². The molecule has 1 amide bonds. The SMILES string of the molecule is NCCCc1cccc2c1CNC2=O. The van der Waals surface area contributed by atoms with Gasteiger partial charge in [-0.15, -0.1) is 0 Å². The van der Waals surface area contributed by atoms with Crippen molar-refractivity contribution in [1.82, 2.24) is 5.32 Å². The standard InChI is InChI=1S/C11H14N2O/c12-6-2-4-8-3-1-5-9-10(8)7-13-11(9)14/h1,3,5H,2,4,6-7,12H2,(H,13,14). The molecule has 0 saturated carbocycles. The van der Waals surface area contributed by atoms with Crippen molar-refractivity contribution in [3.05, 3.63) is 34.9 Å². The van der Waals surface area contributed by atoms with Gasteiger partial charge in [-0.3, -0.25) is 4.79 Å². The Balaban J connectivity index is 2.29. The molecule has 2 rings (SSSR count). The molecule has 0 fully saturated rings. The quantitative estimate of drug-likeness (QED) is 0.741. The average Bonchev–Trinajstić information content (AvgIpc) is 2.58. The first-order valence-electron chi connectivity index (χ1n) is 4.92. The lowest BCUT2D eigenvalue weighted by Gasteiger charge is -2.05. The minimum atomic E-state index is 0.0506. The first-order chi connectivity index (χ1) is 6.83. The van der Waals surface area contributed by atoms with E-state index in [0.717, 1.165) is 24.0 Å². The summed E-state index contributed by atoms with van der Waals surface area (Å²) in [6.07, 6.45) is 1.94. The molecule has 0 radical (unpaired) electrons. The molecule has 74 valence electrons. The number of nitrogens with one attached hydrogen (secondary N) is 1. The zero-order chi connectivity index (χ0) is 9.97. The minimum Gasteiger partial charge on any atom is -0.348 e. The normalized spacial score (nSPS) is 13.9. The highest BCUT2D eigenvalue weighted by atomic mass is 16.1. The summed E-state index contributed by atoms with van der Waals surface area (Å²) in [5, 5.41) is 2.83. The summed E-state index contributed by atoms with van der Waals surface area (Å²) in [6.45, 7) is 1.37. The van der Waals surface area contributed by atoms with Crippen molar-refractivity contribution in [3.8, 4) is 0 Å². The number of amides is 1. The van der Waals surface area contributed by atoms with E-state index >= 15 is 0 Å². The van der Waals surface area contributed by atoms with Gasteiger partial charge in [-0.1, -0.05) is 12.1 Å². The van der Waals surface area contributed by atoms with Crippen LogP contribution in [0.4, 0.5) is 0 Å². The van der Waals surface area contributed by atoms with Gasteiger partial charge in [0.1, 0.15) is 0 Å². The molecule has 0 spiro atoms. The van der Waals surface area contributed by atoms with Crippen LogP contribution < -0.4 is 11.1 Å². The summed E-state index contributed by atoms with van der Waals surface area (Å²) in [4.78, 5) is 11.4. The lowest BCUT2D eigenvalue weighted by atomic mass is 10.00. The van der Waals surface area contributed by atoms with Crippen LogP contribution in [0, 0.1) is 0 Å². The van der Waals surface area contributed by atoms with E-state index in [0.29, 0.717) is 13.1 Å². The molecule has 1 aliphatic rings. The molecular weight excluding hydrogens is 176 g/mol.